The summed E-state index contributed by atoms with van der Waals surface area (Å²) in [6.07, 6.45) is 0. The number of benzene rings is 2. The van der Waals surface area contributed by atoms with Crippen LogP contribution < -0.4 is 4.74 Å². The fourth-order valence-corrected chi connectivity index (χ4v) is 1.86. The minimum atomic E-state index is -0.489. The number of ether oxygens (including phenoxy) is 1. The Balaban J connectivity index is 2.37. The van der Waals surface area contributed by atoms with E-state index in [0.29, 0.717) is 21.5 Å². The van der Waals surface area contributed by atoms with Gasteiger partial charge in [0.15, 0.2) is 0 Å². The smallest absolute Gasteiger partial charge is 0.273 e. The molecule has 0 atom stereocenters. The molecule has 0 aliphatic carbocycles. The van der Waals surface area contributed by atoms with Crippen LogP contribution in [0.5, 0.6) is 11.5 Å². The van der Waals surface area contributed by atoms with Gasteiger partial charge in [-0.05, 0) is 28.1 Å². The Kier molecular flexibility index (Phi) is 4.13. The van der Waals surface area contributed by atoms with Crippen molar-refractivity contribution in [2.24, 2.45) is 0 Å². The van der Waals surface area contributed by atoms with Crippen LogP contribution in [0.25, 0.3) is 0 Å². The van der Waals surface area contributed by atoms with E-state index < -0.39 is 4.92 Å². The summed E-state index contributed by atoms with van der Waals surface area (Å²) in [5.74, 6) is 0.793. The highest BCUT2D eigenvalue weighted by atomic mass is 79.9. The van der Waals surface area contributed by atoms with E-state index in [-0.39, 0.29) is 12.3 Å². The van der Waals surface area contributed by atoms with Gasteiger partial charge < -0.3 is 9.84 Å². The summed E-state index contributed by atoms with van der Waals surface area (Å²) < 4.78 is 6.21. The maximum absolute atomic E-state index is 10.7. The van der Waals surface area contributed by atoms with Gasteiger partial charge >= 0.3 is 0 Å². The first-order chi connectivity index (χ1) is 9.11. The van der Waals surface area contributed by atoms with Gasteiger partial charge in [0, 0.05) is 11.6 Å². The minimum absolute atomic E-state index is 0.0559. The van der Waals surface area contributed by atoms with Crippen molar-refractivity contribution >= 4 is 21.6 Å². The van der Waals surface area contributed by atoms with Gasteiger partial charge in [-0.15, -0.1) is 0 Å². The Morgan fingerprint density at radius 2 is 1.95 bits per heavy atom. The van der Waals surface area contributed by atoms with E-state index in [9.17, 15) is 15.2 Å². The monoisotopic (exact) mass is 323 g/mol. The molecule has 6 heteroatoms. The fraction of sp³-hybridized carbons (Fsp3) is 0.0769. The number of halogens is 1. The van der Waals surface area contributed by atoms with Crippen LogP contribution in [0.2, 0.25) is 0 Å². The van der Waals surface area contributed by atoms with Gasteiger partial charge in [0.25, 0.3) is 5.69 Å². The number of nitro groups is 1. The molecule has 0 bridgehead atoms. The Morgan fingerprint density at radius 3 is 2.63 bits per heavy atom. The first kappa shape index (κ1) is 13.5. The number of non-ortho nitro benzene ring substituents is 1. The normalized spacial score (nSPS) is 10.2. The minimum Gasteiger partial charge on any atom is -0.456 e. The summed E-state index contributed by atoms with van der Waals surface area (Å²) in [6.45, 7) is -0.164. The van der Waals surface area contributed by atoms with Crippen molar-refractivity contribution in [3.8, 4) is 11.5 Å². The fourth-order valence-electron chi connectivity index (χ4n) is 1.54. The van der Waals surface area contributed by atoms with Crippen molar-refractivity contribution in [3.63, 3.8) is 0 Å². The van der Waals surface area contributed by atoms with Gasteiger partial charge in [-0.1, -0.05) is 18.2 Å². The van der Waals surface area contributed by atoms with E-state index in [0.717, 1.165) is 0 Å². The molecule has 2 aromatic carbocycles. The van der Waals surface area contributed by atoms with Gasteiger partial charge in [-0.2, -0.15) is 0 Å². The molecule has 0 heterocycles. The van der Waals surface area contributed by atoms with E-state index in [1.165, 1.54) is 12.1 Å². The second-order valence-electron chi connectivity index (χ2n) is 3.74. The lowest BCUT2D eigenvalue weighted by Gasteiger charge is -2.10. The molecule has 0 spiro atoms. The zero-order chi connectivity index (χ0) is 13.8. The van der Waals surface area contributed by atoms with Crippen LogP contribution in [0, 0.1) is 10.1 Å². The molecule has 0 radical (unpaired) electrons. The molecule has 1 N–H and O–H groups in total. The standard InChI is InChI=1S/C13H10BrNO4/c14-11-6-5-10(15(17)18)7-13(11)19-12-4-2-1-3-9(12)8-16/h1-7,16H,8H2. The third-order valence-electron chi connectivity index (χ3n) is 2.49. The number of para-hydroxylation sites is 1. The Morgan fingerprint density at radius 1 is 1.21 bits per heavy atom. The Hall–Kier alpha value is -1.92. The highest BCUT2D eigenvalue weighted by molar-refractivity contribution is 9.10. The van der Waals surface area contributed by atoms with Crippen LogP contribution >= 0.6 is 15.9 Å². The van der Waals surface area contributed by atoms with Crippen molar-refractivity contribution in [1.29, 1.82) is 0 Å². The number of rotatable bonds is 4. The van der Waals surface area contributed by atoms with Crippen LogP contribution in [-0.4, -0.2) is 10.0 Å². The molecule has 0 saturated heterocycles. The van der Waals surface area contributed by atoms with Crippen molar-refractivity contribution in [3.05, 3.63) is 62.6 Å². The van der Waals surface area contributed by atoms with Crippen molar-refractivity contribution in [2.45, 2.75) is 6.61 Å². The summed E-state index contributed by atoms with van der Waals surface area (Å²) in [6, 6.07) is 11.2. The molecule has 5 nitrogen and oxygen atoms in total. The number of hydrogen-bond donors (Lipinski definition) is 1. The van der Waals surface area contributed by atoms with Crippen LogP contribution in [0.3, 0.4) is 0 Å². The Labute approximate surface area is 117 Å². The maximum atomic E-state index is 10.7. The lowest BCUT2D eigenvalue weighted by Crippen LogP contribution is -1.93. The van der Waals surface area contributed by atoms with Gasteiger partial charge in [0.1, 0.15) is 11.5 Å². The molecule has 0 unspecified atom stereocenters. The molecule has 0 fully saturated rings. The van der Waals surface area contributed by atoms with E-state index in [1.807, 2.05) is 0 Å². The Bertz CT molecular complexity index is 615. The molecular weight excluding hydrogens is 314 g/mol. The molecule has 0 aliphatic heterocycles. The van der Waals surface area contributed by atoms with E-state index >= 15 is 0 Å². The molecule has 0 amide bonds. The quantitative estimate of drug-likeness (QED) is 0.688. The second kappa shape index (κ2) is 5.81. The number of hydrogen-bond acceptors (Lipinski definition) is 4. The molecule has 2 aromatic rings. The zero-order valence-corrected chi connectivity index (χ0v) is 11.3. The zero-order valence-electron chi connectivity index (χ0n) is 9.75. The van der Waals surface area contributed by atoms with Crippen LogP contribution in [0.4, 0.5) is 5.69 Å². The molecule has 2 rings (SSSR count). The van der Waals surface area contributed by atoms with Gasteiger partial charge in [0.05, 0.1) is 22.1 Å². The predicted octanol–water partition coefficient (Wildman–Crippen LogP) is 3.64. The maximum Gasteiger partial charge on any atom is 0.273 e. The average molecular weight is 324 g/mol. The SMILES string of the molecule is O=[N+]([O-])c1ccc(Br)c(Oc2ccccc2CO)c1. The second-order valence-corrected chi connectivity index (χ2v) is 4.59. The van der Waals surface area contributed by atoms with Gasteiger partial charge in [-0.3, -0.25) is 10.1 Å². The lowest BCUT2D eigenvalue weighted by atomic mass is 10.2. The summed E-state index contributed by atoms with van der Waals surface area (Å²) in [5.41, 5.74) is 0.556. The molecular formula is C13H10BrNO4. The van der Waals surface area contributed by atoms with E-state index in [2.05, 4.69) is 15.9 Å². The van der Waals surface area contributed by atoms with Crippen LogP contribution in [0.1, 0.15) is 5.56 Å². The third kappa shape index (κ3) is 3.10. The molecule has 0 aromatic heterocycles. The van der Waals surface area contributed by atoms with E-state index in [1.54, 1.807) is 30.3 Å². The number of nitrogens with zero attached hydrogens (tertiary/aromatic N) is 1. The van der Waals surface area contributed by atoms with Crippen molar-refractivity contribution in [1.82, 2.24) is 0 Å². The predicted molar refractivity (Wildman–Crippen MR) is 73.2 cm³/mol. The first-order valence-corrected chi connectivity index (χ1v) is 6.21. The average Bonchev–Trinajstić information content (AvgIpc) is 2.41. The molecule has 98 valence electrons. The van der Waals surface area contributed by atoms with Gasteiger partial charge in [-0.25, -0.2) is 0 Å². The third-order valence-corrected chi connectivity index (χ3v) is 3.14. The van der Waals surface area contributed by atoms with E-state index in [4.69, 9.17) is 4.74 Å². The first-order valence-electron chi connectivity index (χ1n) is 5.42. The lowest BCUT2D eigenvalue weighted by molar-refractivity contribution is -0.384. The van der Waals surface area contributed by atoms with Crippen LogP contribution in [-0.2, 0) is 6.61 Å². The highest BCUT2D eigenvalue weighted by Crippen LogP contribution is 2.34. The molecule has 19 heavy (non-hydrogen) atoms. The number of nitro benzene ring substituents is 1. The topological polar surface area (TPSA) is 72.6 Å². The summed E-state index contributed by atoms with van der Waals surface area (Å²) in [5, 5.41) is 19.9. The number of aliphatic hydroxyl groups is 1. The van der Waals surface area contributed by atoms with Crippen LogP contribution in [0.15, 0.2) is 46.9 Å². The molecule has 0 aliphatic rings. The largest absolute Gasteiger partial charge is 0.456 e. The molecule has 0 saturated carbocycles. The number of aliphatic hydroxyl groups excluding tert-OH is 1. The summed E-state index contributed by atoms with van der Waals surface area (Å²) in [4.78, 5) is 10.2. The highest BCUT2D eigenvalue weighted by Gasteiger charge is 2.12. The summed E-state index contributed by atoms with van der Waals surface area (Å²) in [7, 11) is 0. The summed E-state index contributed by atoms with van der Waals surface area (Å²) >= 11 is 3.27. The van der Waals surface area contributed by atoms with Gasteiger partial charge in [0.2, 0.25) is 0 Å². The van der Waals surface area contributed by atoms with Crippen molar-refractivity contribution < 1.29 is 14.8 Å². The van der Waals surface area contributed by atoms with Crippen molar-refractivity contribution in [2.75, 3.05) is 0 Å².